The molecule has 0 saturated carbocycles. The first-order valence-corrected chi connectivity index (χ1v) is 6.51. The molecule has 0 spiro atoms. The molecule has 0 aliphatic carbocycles. The van der Waals surface area contributed by atoms with Crippen LogP contribution in [0.5, 0.6) is 5.75 Å². The topological polar surface area (TPSA) is 72.6 Å². The Morgan fingerprint density at radius 1 is 1.29 bits per heavy atom. The Hall–Kier alpha value is -2.53. The standard InChI is InChI=1S/C15H10ClNO4/c16-10-7-9(15(18)19)5-6-12(10)20-8-14-17-11-3-1-2-4-13(11)21-14/h1-7H,8H2,(H,18,19). The monoisotopic (exact) mass is 303 g/mol. The number of carboxylic acid groups (broad SMARTS) is 1. The Labute approximate surface area is 124 Å². The third kappa shape index (κ3) is 2.83. The molecule has 0 fully saturated rings. The smallest absolute Gasteiger partial charge is 0.335 e. The zero-order valence-corrected chi connectivity index (χ0v) is 11.5. The van der Waals surface area contributed by atoms with Crippen LogP contribution >= 0.6 is 11.6 Å². The number of hydrogen-bond acceptors (Lipinski definition) is 4. The SMILES string of the molecule is O=C(O)c1ccc(OCc2nc3ccccc3o2)c(Cl)c1. The molecule has 106 valence electrons. The summed E-state index contributed by atoms with van der Waals surface area (Å²) in [6.07, 6.45) is 0. The molecule has 21 heavy (non-hydrogen) atoms. The van der Waals surface area contributed by atoms with Gasteiger partial charge in [-0.1, -0.05) is 23.7 Å². The van der Waals surface area contributed by atoms with Crippen LogP contribution in [-0.4, -0.2) is 16.1 Å². The Kier molecular flexibility index (Phi) is 3.50. The van der Waals surface area contributed by atoms with Crippen molar-refractivity contribution in [2.75, 3.05) is 0 Å². The van der Waals surface area contributed by atoms with Gasteiger partial charge in [0.05, 0.1) is 10.6 Å². The van der Waals surface area contributed by atoms with Gasteiger partial charge in [-0.25, -0.2) is 9.78 Å². The van der Waals surface area contributed by atoms with E-state index in [2.05, 4.69) is 4.98 Å². The summed E-state index contributed by atoms with van der Waals surface area (Å²) < 4.78 is 11.0. The van der Waals surface area contributed by atoms with Crippen molar-refractivity contribution in [3.63, 3.8) is 0 Å². The number of nitrogens with zero attached hydrogens (tertiary/aromatic N) is 1. The van der Waals surface area contributed by atoms with Gasteiger partial charge in [0, 0.05) is 0 Å². The van der Waals surface area contributed by atoms with E-state index in [-0.39, 0.29) is 17.2 Å². The first-order valence-electron chi connectivity index (χ1n) is 6.13. The van der Waals surface area contributed by atoms with Crippen LogP contribution in [0, 0.1) is 0 Å². The molecule has 5 nitrogen and oxygen atoms in total. The zero-order valence-electron chi connectivity index (χ0n) is 10.7. The van der Waals surface area contributed by atoms with Crippen LogP contribution in [0.25, 0.3) is 11.1 Å². The van der Waals surface area contributed by atoms with Gasteiger partial charge < -0.3 is 14.3 Å². The highest BCUT2D eigenvalue weighted by Gasteiger charge is 2.10. The summed E-state index contributed by atoms with van der Waals surface area (Å²) in [5.74, 6) is -0.235. The number of oxazole rings is 1. The number of ether oxygens (including phenoxy) is 1. The second kappa shape index (κ2) is 5.46. The molecule has 6 heteroatoms. The minimum atomic E-state index is -1.04. The van der Waals surface area contributed by atoms with Crippen molar-refractivity contribution < 1.29 is 19.1 Å². The van der Waals surface area contributed by atoms with Crippen LogP contribution < -0.4 is 4.74 Å². The summed E-state index contributed by atoms with van der Waals surface area (Å²) in [4.78, 5) is 15.1. The molecule has 0 saturated heterocycles. The van der Waals surface area contributed by atoms with Crippen LogP contribution in [0.3, 0.4) is 0 Å². The van der Waals surface area contributed by atoms with Crippen LogP contribution in [0.15, 0.2) is 46.9 Å². The summed E-state index contributed by atoms with van der Waals surface area (Å²) in [5.41, 5.74) is 1.54. The number of aromatic carboxylic acids is 1. The van der Waals surface area contributed by atoms with Gasteiger partial charge in [0.1, 0.15) is 11.3 Å². The average molecular weight is 304 g/mol. The van der Waals surface area contributed by atoms with E-state index in [9.17, 15) is 4.79 Å². The van der Waals surface area contributed by atoms with E-state index in [0.717, 1.165) is 5.52 Å². The molecule has 3 rings (SSSR count). The third-order valence-electron chi connectivity index (χ3n) is 2.87. The lowest BCUT2D eigenvalue weighted by Crippen LogP contribution is -1.99. The van der Waals surface area contributed by atoms with Crippen molar-refractivity contribution >= 4 is 28.7 Å². The summed E-state index contributed by atoms with van der Waals surface area (Å²) in [7, 11) is 0. The fraction of sp³-hybridized carbons (Fsp3) is 0.0667. The number of carboxylic acids is 1. The van der Waals surface area contributed by atoms with E-state index in [4.69, 9.17) is 25.9 Å². The van der Waals surface area contributed by atoms with E-state index < -0.39 is 5.97 Å². The van der Waals surface area contributed by atoms with Crippen LogP contribution in [-0.2, 0) is 6.61 Å². The molecular formula is C15H10ClNO4. The maximum absolute atomic E-state index is 10.8. The molecule has 0 unspecified atom stereocenters. The lowest BCUT2D eigenvalue weighted by Gasteiger charge is -2.06. The quantitative estimate of drug-likeness (QED) is 0.794. The number of para-hydroxylation sites is 2. The van der Waals surface area contributed by atoms with Gasteiger partial charge >= 0.3 is 5.97 Å². The number of halogens is 1. The summed E-state index contributed by atoms with van der Waals surface area (Å²) >= 11 is 5.98. The number of benzene rings is 2. The van der Waals surface area contributed by atoms with Gasteiger partial charge in [0.2, 0.25) is 5.89 Å². The minimum Gasteiger partial charge on any atom is -0.482 e. The zero-order chi connectivity index (χ0) is 14.8. The molecule has 0 aliphatic heterocycles. The van der Waals surface area contributed by atoms with Crippen molar-refractivity contribution in [3.05, 3.63) is 58.9 Å². The highest BCUT2D eigenvalue weighted by molar-refractivity contribution is 6.32. The average Bonchev–Trinajstić information content (AvgIpc) is 2.88. The number of rotatable bonds is 4. The summed E-state index contributed by atoms with van der Waals surface area (Å²) in [5, 5.41) is 9.09. The maximum Gasteiger partial charge on any atom is 0.335 e. The van der Waals surface area contributed by atoms with Crippen LogP contribution in [0.2, 0.25) is 5.02 Å². The van der Waals surface area contributed by atoms with Crippen LogP contribution in [0.4, 0.5) is 0 Å². The Bertz CT molecular complexity index is 779. The number of aromatic nitrogens is 1. The largest absolute Gasteiger partial charge is 0.482 e. The highest BCUT2D eigenvalue weighted by atomic mass is 35.5. The van der Waals surface area contributed by atoms with Crippen molar-refractivity contribution in [1.29, 1.82) is 0 Å². The molecule has 0 atom stereocenters. The second-order valence-corrected chi connectivity index (χ2v) is 4.72. The predicted molar refractivity (Wildman–Crippen MR) is 76.8 cm³/mol. The molecule has 1 heterocycles. The predicted octanol–water partition coefficient (Wildman–Crippen LogP) is 3.76. The number of hydrogen-bond donors (Lipinski definition) is 1. The van der Waals surface area contributed by atoms with Crippen molar-refractivity contribution in [2.45, 2.75) is 6.61 Å². The Balaban J connectivity index is 1.76. The van der Waals surface area contributed by atoms with Gasteiger partial charge in [0.25, 0.3) is 0 Å². The fourth-order valence-electron chi connectivity index (χ4n) is 1.87. The maximum atomic E-state index is 10.8. The Morgan fingerprint density at radius 2 is 2.10 bits per heavy atom. The molecule has 0 aliphatic rings. The van der Waals surface area contributed by atoms with Crippen molar-refractivity contribution in [2.24, 2.45) is 0 Å². The molecule has 3 aromatic rings. The van der Waals surface area contributed by atoms with E-state index in [0.29, 0.717) is 17.2 Å². The molecule has 0 amide bonds. The van der Waals surface area contributed by atoms with Crippen LogP contribution in [0.1, 0.15) is 16.2 Å². The molecule has 1 N–H and O–H groups in total. The molecule has 0 radical (unpaired) electrons. The summed E-state index contributed by atoms with van der Waals surface area (Å²) in [6.45, 7) is 0.112. The highest BCUT2D eigenvalue weighted by Crippen LogP contribution is 2.26. The third-order valence-corrected chi connectivity index (χ3v) is 3.16. The fourth-order valence-corrected chi connectivity index (χ4v) is 2.11. The Morgan fingerprint density at radius 3 is 2.81 bits per heavy atom. The van der Waals surface area contributed by atoms with Gasteiger partial charge in [0.15, 0.2) is 12.2 Å². The van der Waals surface area contributed by atoms with Gasteiger partial charge in [-0.3, -0.25) is 0 Å². The summed E-state index contributed by atoms with van der Waals surface area (Å²) in [6, 6.07) is 11.7. The molecular weight excluding hydrogens is 294 g/mol. The van der Waals surface area contributed by atoms with Gasteiger partial charge in [-0.2, -0.15) is 0 Å². The van der Waals surface area contributed by atoms with Crippen molar-refractivity contribution in [3.8, 4) is 5.75 Å². The number of carbonyl (C=O) groups is 1. The first kappa shape index (κ1) is 13.5. The van der Waals surface area contributed by atoms with E-state index in [1.54, 1.807) is 0 Å². The van der Waals surface area contributed by atoms with E-state index >= 15 is 0 Å². The van der Waals surface area contributed by atoms with Crippen molar-refractivity contribution in [1.82, 2.24) is 4.98 Å². The second-order valence-electron chi connectivity index (χ2n) is 4.31. The molecule has 0 bridgehead atoms. The van der Waals surface area contributed by atoms with Gasteiger partial charge in [-0.15, -0.1) is 0 Å². The molecule has 1 aromatic heterocycles. The van der Waals surface area contributed by atoms with E-state index in [1.807, 2.05) is 24.3 Å². The van der Waals surface area contributed by atoms with E-state index in [1.165, 1.54) is 18.2 Å². The van der Waals surface area contributed by atoms with Gasteiger partial charge in [-0.05, 0) is 30.3 Å². The lowest BCUT2D eigenvalue weighted by atomic mass is 10.2. The number of fused-ring (bicyclic) bond motifs is 1. The lowest BCUT2D eigenvalue weighted by molar-refractivity contribution is 0.0697. The minimum absolute atomic E-state index is 0.106. The molecule has 2 aromatic carbocycles. The normalized spacial score (nSPS) is 10.7. The first-order chi connectivity index (χ1) is 10.1.